The molecule has 0 saturated carbocycles. The Hall–Kier alpha value is -1.00. The normalized spacial score (nSPS) is 13.2. The van der Waals surface area contributed by atoms with Crippen LogP contribution in [0.4, 0.5) is 0 Å². The average molecular weight is 458 g/mol. The van der Waals surface area contributed by atoms with Crippen molar-refractivity contribution in [3.8, 4) is 0 Å². The van der Waals surface area contributed by atoms with Crippen LogP contribution in [0, 0.1) is 0 Å². The van der Waals surface area contributed by atoms with E-state index in [1.807, 2.05) is 36.4 Å². The van der Waals surface area contributed by atoms with E-state index in [2.05, 4.69) is 0 Å². The minimum absolute atomic E-state index is 0.105. The van der Waals surface area contributed by atoms with Crippen molar-refractivity contribution >= 4 is 21.3 Å². The fourth-order valence-electron chi connectivity index (χ4n) is 2.52. The highest BCUT2D eigenvalue weighted by Crippen LogP contribution is 2.75. The molecule has 0 aromatic heterocycles. The third kappa shape index (κ3) is 9.01. The van der Waals surface area contributed by atoms with E-state index < -0.39 is 39.6 Å². The lowest BCUT2D eigenvalue weighted by Crippen LogP contribution is -2.14. The second kappa shape index (κ2) is 12.1. The van der Waals surface area contributed by atoms with E-state index in [4.69, 9.17) is 18.1 Å². The molecule has 0 radical (unpaired) electrons. The van der Waals surface area contributed by atoms with Crippen molar-refractivity contribution in [1.82, 2.24) is 0 Å². The van der Waals surface area contributed by atoms with Crippen LogP contribution in [-0.4, -0.2) is 24.4 Å². The molecular formula is C22H36O6P2. The van der Waals surface area contributed by atoms with Crippen molar-refractivity contribution in [3.05, 3.63) is 53.1 Å². The predicted molar refractivity (Wildman–Crippen MR) is 124 cm³/mol. The third-order valence-electron chi connectivity index (χ3n) is 3.29. The maximum Gasteiger partial charge on any atom is 0.370 e. The topological polar surface area (TPSA) is 71.1 Å². The van der Waals surface area contributed by atoms with Gasteiger partial charge >= 0.3 is 15.2 Å². The van der Waals surface area contributed by atoms with E-state index in [9.17, 15) is 9.13 Å². The summed E-state index contributed by atoms with van der Waals surface area (Å²) in [7, 11) is -8.00. The van der Waals surface area contributed by atoms with Gasteiger partial charge in [0.05, 0.1) is 24.4 Å². The molecule has 0 fully saturated rings. The number of benzene rings is 1. The van der Waals surface area contributed by atoms with Crippen LogP contribution in [-0.2, 0) is 27.2 Å². The smallest absolute Gasteiger partial charge is 0.302 e. The zero-order valence-electron chi connectivity index (χ0n) is 19.3. The summed E-state index contributed by atoms with van der Waals surface area (Å²) in [6.07, 6.45) is 3.23. The summed E-state index contributed by atoms with van der Waals surface area (Å²) in [6.45, 7) is 13.9. The molecule has 0 unspecified atom stereocenters. The number of rotatable bonds is 12. The summed E-state index contributed by atoms with van der Waals surface area (Å²) >= 11 is 0. The van der Waals surface area contributed by atoms with Crippen LogP contribution in [0.15, 0.2) is 47.5 Å². The van der Waals surface area contributed by atoms with Gasteiger partial charge in [-0.2, -0.15) is 0 Å². The first-order chi connectivity index (χ1) is 13.9. The predicted octanol–water partition coefficient (Wildman–Crippen LogP) is 7.63. The Bertz CT molecular complexity index is 729. The van der Waals surface area contributed by atoms with Crippen LogP contribution in [0.25, 0.3) is 6.08 Å². The van der Waals surface area contributed by atoms with E-state index >= 15 is 0 Å². The van der Waals surface area contributed by atoms with Crippen LogP contribution in [0.5, 0.6) is 0 Å². The molecule has 1 aromatic carbocycles. The van der Waals surface area contributed by atoms with Crippen molar-refractivity contribution in [2.75, 3.05) is 0 Å². The standard InChI is InChI=1S/C22H36O6P2/c1-17(2)25-29(23,26-18(3)4)22(16-12-15-21-13-10-9-11-14-21)30(24,27-19(5)6)28-20(7)8/h9-20H,1-8H3. The lowest BCUT2D eigenvalue weighted by molar-refractivity contribution is 0.137. The van der Waals surface area contributed by atoms with Crippen molar-refractivity contribution in [1.29, 1.82) is 0 Å². The Labute approximate surface area is 181 Å². The van der Waals surface area contributed by atoms with E-state index in [0.717, 1.165) is 5.56 Å². The molecule has 0 aliphatic heterocycles. The van der Waals surface area contributed by atoms with Gasteiger partial charge in [0.2, 0.25) is 0 Å². The Morgan fingerprint density at radius 2 is 1.07 bits per heavy atom. The maximum absolute atomic E-state index is 13.9. The molecule has 0 heterocycles. The fourth-order valence-corrected chi connectivity index (χ4v) is 7.57. The van der Waals surface area contributed by atoms with E-state index in [1.165, 1.54) is 6.08 Å². The van der Waals surface area contributed by atoms with Gasteiger partial charge < -0.3 is 18.1 Å². The highest BCUT2D eigenvalue weighted by atomic mass is 31.2. The average Bonchev–Trinajstić information content (AvgIpc) is 2.56. The molecule has 0 aliphatic rings. The van der Waals surface area contributed by atoms with E-state index in [0.29, 0.717) is 0 Å². The summed E-state index contributed by atoms with van der Waals surface area (Å²) in [4.78, 5) is 0. The summed E-state index contributed by atoms with van der Waals surface area (Å²) in [5.74, 6) is 0. The van der Waals surface area contributed by atoms with Crippen LogP contribution < -0.4 is 0 Å². The Morgan fingerprint density at radius 3 is 1.40 bits per heavy atom. The minimum Gasteiger partial charge on any atom is -0.302 e. The number of hydrogen-bond acceptors (Lipinski definition) is 6. The molecule has 1 aromatic rings. The molecule has 0 amide bonds. The molecule has 6 nitrogen and oxygen atoms in total. The highest BCUT2D eigenvalue weighted by molar-refractivity contribution is 7.78. The molecular weight excluding hydrogens is 422 g/mol. The van der Waals surface area contributed by atoms with Crippen molar-refractivity contribution < 1.29 is 27.2 Å². The second-order valence-electron chi connectivity index (χ2n) is 7.91. The second-order valence-corrected chi connectivity index (χ2v) is 12.1. The summed E-state index contributed by atoms with van der Waals surface area (Å²) < 4.78 is 50.7. The molecule has 1 rings (SSSR count). The van der Waals surface area contributed by atoms with Crippen LogP contribution >= 0.6 is 15.2 Å². The zero-order chi connectivity index (χ0) is 22.9. The third-order valence-corrected chi connectivity index (χ3v) is 8.98. The van der Waals surface area contributed by atoms with Gasteiger partial charge in [0.25, 0.3) is 0 Å². The SMILES string of the molecule is CC(C)OP(=O)(OC(C)C)C(=CC=Cc1ccccc1)P(=O)(OC(C)C)OC(C)C. The Kier molecular flexibility index (Phi) is 10.9. The summed E-state index contributed by atoms with van der Waals surface area (Å²) in [5, 5.41) is -0.105. The van der Waals surface area contributed by atoms with Gasteiger partial charge in [-0.1, -0.05) is 42.5 Å². The Morgan fingerprint density at radius 1 is 0.700 bits per heavy atom. The van der Waals surface area contributed by atoms with Crippen molar-refractivity contribution in [3.63, 3.8) is 0 Å². The van der Waals surface area contributed by atoms with Crippen LogP contribution in [0.3, 0.4) is 0 Å². The van der Waals surface area contributed by atoms with Gasteiger partial charge in [0.15, 0.2) is 5.06 Å². The van der Waals surface area contributed by atoms with Crippen molar-refractivity contribution in [2.45, 2.75) is 79.8 Å². The van der Waals surface area contributed by atoms with Gasteiger partial charge in [-0.25, -0.2) is 0 Å². The van der Waals surface area contributed by atoms with E-state index in [1.54, 1.807) is 61.5 Å². The lowest BCUT2D eigenvalue weighted by atomic mass is 10.2. The van der Waals surface area contributed by atoms with Gasteiger partial charge in [-0.15, -0.1) is 0 Å². The van der Waals surface area contributed by atoms with Crippen LogP contribution in [0.1, 0.15) is 61.0 Å². The molecule has 170 valence electrons. The van der Waals surface area contributed by atoms with Gasteiger partial charge in [-0.05, 0) is 67.0 Å². The first kappa shape index (κ1) is 27.0. The Balaban J connectivity index is 3.61. The van der Waals surface area contributed by atoms with Gasteiger partial charge in [-0.3, -0.25) is 9.13 Å². The number of hydrogen-bond donors (Lipinski definition) is 0. The van der Waals surface area contributed by atoms with E-state index in [-0.39, 0.29) is 5.06 Å². The monoisotopic (exact) mass is 458 g/mol. The fraction of sp³-hybridized carbons (Fsp3) is 0.545. The first-order valence-electron chi connectivity index (χ1n) is 10.3. The van der Waals surface area contributed by atoms with Crippen LogP contribution in [0.2, 0.25) is 0 Å². The largest absolute Gasteiger partial charge is 0.370 e. The minimum atomic E-state index is -4.00. The molecule has 0 spiro atoms. The van der Waals surface area contributed by atoms with Gasteiger partial charge in [0.1, 0.15) is 0 Å². The number of allylic oxidation sites excluding steroid dienone is 2. The molecule has 30 heavy (non-hydrogen) atoms. The van der Waals surface area contributed by atoms with Crippen molar-refractivity contribution in [2.24, 2.45) is 0 Å². The molecule has 0 saturated heterocycles. The molecule has 0 bridgehead atoms. The quantitative estimate of drug-likeness (QED) is 0.237. The molecule has 0 atom stereocenters. The molecule has 8 heteroatoms. The maximum atomic E-state index is 13.9. The van der Waals surface area contributed by atoms with Gasteiger partial charge in [0, 0.05) is 0 Å². The first-order valence-corrected chi connectivity index (χ1v) is 13.3. The highest BCUT2D eigenvalue weighted by Gasteiger charge is 2.47. The molecule has 0 aliphatic carbocycles. The summed E-state index contributed by atoms with van der Waals surface area (Å²) in [6, 6.07) is 9.59. The zero-order valence-corrected chi connectivity index (χ0v) is 21.1. The lowest BCUT2D eigenvalue weighted by Gasteiger charge is -2.30. The summed E-state index contributed by atoms with van der Waals surface area (Å²) in [5.41, 5.74) is 0.932. The molecule has 0 N–H and O–H groups in total.